The molecule has 0 radical (unpaired) electrons. The first-order valence-corrected chi connectivity index (χ1v) is 6.69. The van der Waals surface area contributed by atoms with Crippen LogP contribution in [0, 0.1) is 0 Å². The molecule has 0 aromatic heterocycles. The van der Waals surface area contributed by atoms with E-state index in [1.54, 1.807) is 0 Å². The zero-order valence-corrected chi connectivity index (χ0v) is 10.0. The first-order valence-electron chi connectivity index (χ1n) is 5.53. The Morgan fingerprint density at radius 2 is 1.94 bits per heavy atom. The van der Waals surface area contributed by atoms with E-state index < -0.39 is 12.8 Å². The SMILES string of the molecule is FC(F)(F)COCCCNC1CCSCC1. The van der Waals surface area contributed by atoms with Gasteiger partial charge in [0.15, 0.2) is 0 Å². The minimum absolute atomic E-state index is 0.175. The van der Waals surface area contributed by atoms with Crippen molar-refractivity contribution in [3.05, 3.63) is 0 Å². The standard InChI is InChI=1S/C10H18F3NOS/c11-10(12,13)8-15-5-1-4-14-9-2-6-16-7-3-9/h9,14H,1-8H2. The van der Waals surface area contributed by atoms with Gasteiger partial charge in [0.1, 0.15) is 6.61 Å². The van der Waals surface area contributed by atoms with Gasteiger partial charge in [-0.15, -0.1) is 0 Å². The molecule has 6 heteroatoms. The number of hydrogen-bond acceptors (Lipinski definition) is 3. The summed E-state index contributed by atoms with van der Waals surface area (Å²) in [6.07, 6.45) is -1.24. The first-order chi connectivity index (χ1) is 7.58. The van der Waals surface area contributed by atoms with Gasteiger partial charge in [0.25, 0.3) is 0 Å². The van der Waals surface area contributed by atoms with Crippen molar-refractivity contribution < 1.29 is 17.9 Å². The van der Waals surface area contributed by atoms with E-state index in [0.717, 1.165) is 19.4 Å². The Bertz CT molecular complexity index is 183. The Labute approximate surface area is 98.3 Å². The lowest BCUT2D eigenvalue weighted by molar-refractivity contribution is -0.173. The maximum atomic E-state index is 11.7. The Kier molecular flexibility index (Phi) is 6.53. The molecule has 1 N–H and O–H groups in total. The molecule has 0 atom stereocenters. The van der Waals surface area contributed by atoms with E-state index in [1.165, 1.54) is 11.5 Å². The number of thioether (sulfide) groups is 1. The molecule has 0 aromatic rings. The predicted octanol–water partition coefficient (Wildman–Crippen LogP) is 2.44. The van der Waals surface area contributed by atoms with Crippen molar-refractivity contribution >= 4 is 11.8 Å². The number of hydrogen-bond donors (Lipinski definition) is 1. The quantitative estimate of drug-likeness (QED) is 0.738. The Morgan fingerprint density at radius 3 is 2.56 bits per heavy atom. The molecule has 1 saturated heterocycles. The van der Waals surface area contributed by atoms with E-state index in [9.17, 15) is 13.2 Å². The van der Waals surface area contributed by atoms with Crippen molar-refractivity contribution in [3.8, 4) is 0 Å². The van der Waals surface area contributed by atoms with Crippen LogP contribution in [0.25, 0.3) is 0 Å². The minimum atomic E-state index is -4.20. The topological polar surface area (TPSA) is 21.3 Å². The summed E-state index contributed by atoms with van der Waals surface area (Å²) in [6, 6.07) is 0.545. The highest BCUT2D eigenvalue weighted by Gasteiger charge is 2.27. The molecule has 96 valence electrons. The number of rotatable bonds is 6. The minimum Gasteiger partial charge on any atom is -0.372 e. The van der Waals surface area contributed by atoms with Gasteiger partial charge in [-0.2, -0.15) is 24.9 Å². The lowest BCUT2D eigenvalue weighted by atomic mass is 10.1. The fourth-order valence-corrected chi connectivity index (χ4v) is 2.68. The molecule has 0 spiro atoms. The van der Waals surface area contributed by atoms with Crippen LogP contribution in [0.15, 0.2) is 0 Å². The Hall–Kier alpha value is 0.0600. The van der Waals surface area contributed by atoms with Crippen molar-refractivity contribution in [2.45, 2.75) is 31.5 Å². The van der Waals surface area contributed by atoms with E-state index in [-0.39, 0.29) is 6.61 Å². The van der Waals surface area contributed by atoms with Crippen LogP contribution in [0.5, 0.6) is 0 Å². The second kappa shape index (κ2) is 7.40. The van der Waals surface area contributed by atoms with Crippen molar-refractivity contribution in [2.24, 2.45) is 0 Å². The third-order valence-corrected chi connectivity index (χ3v) is 3.43. The van der Waals surface area contributed by atoms with Gasteiger partial charge in [0.05, 0.1) is 0 Å². The molecule has 0 saturated carbocycles. The molecule has 0 amide bonds. The number of alkyl halides is 3. The summed E-state index contributed by atoms with van der Waals surface area (Å²) in [7, 11) is 0. The maximum Gasteiger partial charge on any atom is 0.411 e. The van der Waals surface area contributed by atoms with Gasteiger partial charge < -0.3 is 10.1 Å². The van der Waals surface area contributed by atoms with Gasteiger partial charge in [0, 0.05) is 12.6 Å². The van der Waals surface area contributed by atoms with Gasteiger partial charge in [-0.05, 0) is 37.3 Å². The molecular formula is C10H18F3NOS. The molecule has 1 fully saturated rings. The van der Waals surface area contributed by atoms with E-state index >= 15 is 0 Å². The van der Waals surface area contributed by atoms with Gasteiger partial charge in [0.2, 0.25) is 0 Å². The van der Waals surface area contributed by atoms with Crippen molar-refractivity contribution in [2.75, 3.05) is 31.3 Å². The average molecular weight is 257 g/mol. The lowest BCUT2D eigenvalue weighted by Crippen LogP contribution is -2.33. The van der Waals surface area contributed by atoms with Gasteiger partial charge in [-0.3, -0.25) is 0 Å². The molecule has 0 aliphatic carbocycles. The summed E-state index contributed by atoms with van der Waals surface area (Å²) in [6.45, 7) is -0.214. The molecule has 0 aromatic carbocycles. The normalized spacial score (nSPS) is 18.9. The molecule has 16 heavy (non-hydrogen) atoms. The second-order valence-electron chi connectivity index (χ2n) is 3.86. The molecule has 1 aliphatic rings. The molecule has 2 nitrogen and oxygen atoms in total. The maximum absolute atomic E-state index is 11.7. The van der Waals surface area contributed by atoms with Crippen molar-refractivity contribution in [1.82, 2.24) is 5.32 Å². The van der Waals surface area contributed by atoms with Crippen LogP contribution in [-0.4, -0.2) is 43.5 Å². The van der Waals surface area contributed by atoms with Crippen LogP contribution in [0.2, 0.25) is 0 Å². The van der Waals surface area contributed by atoms with E-state index in [0.29, 0.717) is 12.5 Å². The first kappa shape index (κ1) is 14.1. The fourth-order valence-electron chi connectivity index (χ4n) is 1.57. The Balaban J connectivity index is 1.87. The van der Waals surface area contributed by atoms with E-state index in [4.69, 9.17) is 0 Å². The third kappa shape index (κ3) is 7.35. The van der Waals surface area contributed by atoms with Gasteiger partial charge in [-0.25, -0.2) is 0 Å². The lowest BCUT2D eigenvalue weighted by Gasteiger charge is -2.22. The summed E-state index contributed by atoms with van der Waals surface area (Å²) in [5.41, 5.74) is 0. The highest BCUT2D eigenvalue weighted by atomic mass is 32.2. The predicted molar refractivity (Wildman–Crippen MR) is 59.8 cm³/mol. The molecule has 1 rings (SSSR count). The van der Waals surface area contributed by atoms with Gasteiger partial charge in [-0.1, -0.05) is 0 Å². The summed E-state index contributed by atoms with van der Waals surface area (Å²) < 4.78 is 39.7. The summed E-state index contributed by atoms with van der Waals surface area (Å²) >= 11 is 1.96. The highest BCUT2D eigenvalue weighted by Crippen LogP contribution is 2.17. The van der Waals surface area contributed by atoms with Crippen LogP contribution >= 0.6 is 11.8 Å². The summed E-state index contributed by atoms with van der Waals surface area (Å²) in [5.74, 6) is 2.37. The number of nitrogens with one attached hydrogen (secondary N) is 1. The fraction of sp³-hybridized carbons (Fsp3) is 1.00. The molecule has 1 heterocycles. The van der Waals surface area contributed by atoms with E-state index in [2.05, 4.69) is 10.1 Å². The monoisotopic (exact) mass is 257 g/mol. The largest absolute Gasteiger partial charge is 0.411 e. The summed E-state index contributed by atoms with van der Waals surface area (Å²) in [5, 5.41) is 3.34. The van der Waals surface area contributed by atoms with Crippen molar-refractivity contribution in [1.29, 1.82) is 0 Å². The van der Waals surface area contributed by atoms with Crippen LogP contribution in [0.4, 0.5) is 13.2 Å². The van der Waals surface area contributed by atoms with Crippen LogP contribution in [0.3, 0.4) is 0 Å². The highest BCUT2D eigenvalue weighted by molar-refractivity contribution is 7.99. The zero-order chi connectivity index (χ0) is 11.9. The second-order valence-corrected chi connectivity index (χ2v) is 5.09. The summed E-state index contributed by atoms with van der Waals surface area (Å²) in [4.78, 5) is 0. The number of ether oxygens (including phenoxy) is 1. The van der Waals surface area contributed by atoms with Crippen LogP contribution < -0.4 is 5.32 Å². The molecule has 0 bridgehead atoms. The Morgan fingerprint density at radius 1 is 1.25 bits per heavy atom. The average Bonchev–Trinajstić information content (AvgIpc) is 2.23. The van der Waals surface area contributed by atoms with Crippen LogP contribution in [-0.2, 0) is 4.74 Å². The molecule has 0 unspecified atom stereocenters. The third-order valence-electron chi connectivity index (χ3n) is 2.39. The number of halogens is 3. The van der Waals surface area contributed by atoms with Gasteiger partial charge >= 0.3 is 6.18 Å². The zero-order valence-electron chi connectivity index (χ0n) is 9.18. The molecular weight excluding hydrogens is 239 g/mol. The van der Waals surface area contributed by atoms with Crippen LogP contribution in [0.1, 0.15) is 19.3 Å². The van der Waals surface area contributed by atoms with Crippen molar-refractivity contribution in [3.63, 3.8) is 0 Å². The van der Waals surface area contributed by atoms with E-state index in [1.807, 2.05) is 11.8 Å². The molecule has 1 aliphatic heterocycles. The smallest absolute Gasteiger partial charge is 0.372 e.